The van der Waals surface area contributed by atoms with Crippen LogP contribution in [0.2, 0.25) is 0 Å². The van der Waals surface area contributed by atoms with Crippen LogP contribution < -0.4 is 14.8 Å². The molecule has 0 bridgehead atoms. The molecule has 0 aromatic heterocycles. The normalized spacial score (nSPS) is 19.2. The summed E-state index contributed by atoms with van der Waals surface area (Å²) < 4.78 is 16.0. The molecule has 1 aromatic rings. The van der Waals surface area contributed by atoms with Crippen molar-refractivity contribution >= 4 is 0 Å². The zero-order chi connectivity index (χ0) is 13.5. The second kappa shape index (κ2) is 7.36. The number of nitrogens with one attached hydrogen (secondary N) is 1. The molecule has 1 aromatic carbocycles. The lowest BCUT2D eigenvalue weighted by Crippen LogP contribution is -2.28. The van der Waals surface area contributed by atoms with Crippen LogP contribution in [0.25, 0.3) is 0 Å². The van der Waals surface area contributed by atoms with Crippen molar-refractivity contribution in [1.82, 2.24) is 5.32 Å². The molecule has 4 nitrogen and oxygen atoms in total. The third-order valence-corrected chi connectivity index (χ3v) is 3.43. The molecule has 1 N–H and O–H groups in total. The van der Waals surface area contributed by atoms with E-state index in [0.29, 0.717) is 5.92 Å². The Balaban J connectivity index is 1.84. The van der Waals surface area contributed by atoms with E-state index < -0.39 is 0 Å². The van der Waals surface area contributed by atoms with Crippen molar-refractivity contribution < 1.29 is 14.2 Å². The fourth-order valence-corrected chi connectivity index (χ4v) is 2.36. The molecule has 1 heterocycles. The molecule has 19 heavy (non-hydrogen) atoms. The van der Waals surface area contributed by atoms with Gasteiger partial charge in [0.2, 0.25) is 0 Å². The first-order valence-electron chi connectivity index (χ1n) is 6.82. The molecular formula is C15H23NO3. The molecule has 1 fully saturated rings. The van der Waals surface area contributed by atoms with Crippen LogP contribution in [-0.2, 0) is 11.3 Å². The van der Waals surface area contributed by atoms with Gasteiger partial charge < -0.3 is 19.5 Å². The van der Waals surface area contributed by atoms with Crippen LogP contribution in [0, 0.1) is 5.92 Å². The van der Waals surface area contributed by atoms with E-state index in [4.69, 9.17) is 14.2 Å². The van der Waals surface area contributed by atoms with Crippen molar-refractivity contribution in [1.29, 1.82) is 0 Å². The summed E-state index contributed by atoms with van der Waals surface area (Å²) in [6.45, 7) is 3.63. The van der Waals surface area contributed by atoms with Crippen LogP contribution in [0.3, 0.4) is 0 Å². The summed E-state index contributed by atoms with van der Waals surface area (Å²) in [4.78, 5) is 0. The van der Waals surface area contributed by atoms with Gasteiger partial charge in [-0.25, -0.2) is 0 Å². The maximum Gasteiger partial charge on any atom is 0.122 e. The molecule has 1 unspecified atom stereocenters. The average molecular weight is 265 g/mol. The molecule has 0 aliphatic carbocycles. The highest BCUT2D eigenvalue weighted by atomic mass is 16.5. The summed E-state index contributed by atoms with van der Waals surface area (Å²) in [7, 11) is 3.34. The van der Waals surface area contributed by atoms with Gasteiger partial charge in [-0.2, -0.15) is 0 Å². The Hall–Kier alpha value is -1.26. The van der Waals surface area contributed by atoms with Gasteiger partial charge in [0.05, 0.1) is 20.8 Å². The molecule has 0 radical (unpaired) electrons. The van der Waals surface area contributed by atoms with Crippen LogP contribution in [0.5, 0.6) is 11.5 Å². The van der Waals surface area contributed by atoms with E-state index in [1.807, 2.05) is 18.2 Å². The van der Waals surface area contributed by atoms with Crippen molar-refractivity contribution in [2.24, 2.45) is 5.92 Å². The predicted octanol–water partition coefficient (Wildman–Crippen LogP) is 2.22. The fourth-order valence-electron chi connectivity index (χ4n) is 2.36. The van der Waals surface area contributed by atoms with Gasteiger partial charge in [0.25, 0.3) is 0 Å². The number of rotatable bonds is 6. The maximum absolute atomic E-state index is 5.48. The monoisotopic (exact) mass is 265 g/mol. The highest BCUT2D eigenvalue weighted by molar-refractivity contribution is 5.38. The third kappa shape index (κ3) is 4.40. The summed E-state index contributed by atoms with van der Waals surface area (Å²) in [6, 6.07) is 5.96. The Morgan fingerprint density at radius 2 is 1.95 bits per heavy atom. The molecule has 1 aliphatic heterocycles. The van der Waals surface area contributed by atoms with Crippen LogP contribution in [0.15, 0.2) is 18.2 Å². The zero-order valence-electron chi connectivity index (χ0n) is 11.8. The third-order valence-electron chi connectivity index (χ3n) is 3.43. The van der Waals surface area contributed by atoms with Gasteiger partial charge in [-0.15, -0.1) is 0 Å². The zero-order valence-corrected chi connectivity index (χ0v) is 11.8. The molecule has 0 spiro atoms. The minimum Gasteiger partial charge on any atom is -0.497 e. The van der Waals surface area contributed by atoms with Crippen LogP contribution in [0.4, 0.5) is 0 Å². The lowest BCUT2D eigenvalue weighted by atomic mass is 10.0. The van der Waals surface area contributed by atoms with Gasteiger partial charge in [-0.05, 0) is 36.5 Å². The summed E-state index contributed by atoms with van der Waals surface area (Å²) in [5, 5.41) is 3.48. The van der Waals surface area contributed by atoms with Gasteiger partial charge in [-0.3, -0.25) is 0 Å². The fraction of sp³-hybridized carbons (Fsp3) is 0.600. The summed E-state index contributed by atoms with van der Waals surface area (Å²) in [6.07, 6.45) is 2.44. The minimum absolute atomic E-state index is 0.640. The smallest absolute Gasteiger partial charge is 0.122 e. The second-order valence-electron chi connectivity index (χ2n) is 4.93. The first kappa shape index (κ1) is 14.2. The Morgan fingerprint density at radius 1 is 1.21 bits per heavy atom. The predicted molar refractivity (Wildman–Crippen MR) is 74.8 cm³/mol. The standard InChI is InChI=1S/C15H23NO3/c1-17-14-6-13(7-15(8-14)18-2)10-16-9-12-4-3-5-19-11-12/h6-8,12,16H,3-5,9-11H2,1-2H3. The van der Waals surface area contributed by atoms with E-state index in [1.54, 1.807) is 14.2 Å². The van der Waals surface area contributed by atoms with Crippen LogP contribution >= 0.6 is 0 Å². The average Bonchev–Trinajstić information content (AvgIpc) is 2.48. The summed E-state index contributed by atoms with van der Waals surface area (Å²) in [5.41, 5.74) is 1.17. The quantitative estimate of drug-likeness (QED) is 0.856. The number of methoxy groups -OCH3 is 2. The summed E-state index contributed by atoms with van der Waals surface area (Å²) in [5.74, 6) is 2.30. The van der Waals surface area contributed by atoms with E-state index in [1.165, 1.54) is 18.4 Å². The van der Waals surface area contributed by atoms with Crippen molar-refractivity contribution in [3.63, 3.8) is 0 Å². The number of benzene rings is 1. The molecular weight excluding hydrogens is 242 g/mol. The highest BCUT2D eigenvalue weighted by Crippen LogP contribution is 2.22. The second-order valence-corrected chi connectivity index (χ2v) is 4.93. The van der Waals surface area contributed by atoms with Crippen molar-refractivity contribution in [2.45, 2.75) is 19.4 Å². The number of hydrogen-bond acceptors (Lipinski definition) is 4. The Morgan fingerprint density at radius 3 is 2.53 bits per heavy atom. The van der Waals surface area contributed by atoms with Gasteiger partial charge in [0, 0.05) is 25.8 Å². The Kier molecular flexibility index (Phi) is 5.48. The number of ether oxygens (including phenoxy) is 3. The molecule has 1 saturated heterocycles. The van der Waals surface area contributed by atoms with Crippen molar-refractivity contribution in [3.8, 4) is 11.5 Å². The summed E-state index contributed by atoms with van der Waals surface area (Å²) >= 11 is 0. The molecule has 4 heteroatoms. The van der Waals surface area contributed by atoms with E-state index in [9.17, 15) is 0 Å². The molecule has 1 atom stereocenters. The lowest BCUT2D eigenvalue weighted by Gasteiger charge is -2.22. The molecule has 0 saturated carbocycles. The maximum atomic E-state index is 5.48. The van der Waals surface area contributed by atoms with Gasteiger partial charge in [0.1, 0.15) is 11.5 Å². The highest BCUT2D eigenvalue weighted by Gasteiger charge is 2.13. The minimum atomic E-state index is 0.640. The first-order valence-corrected chi connectivity index (χ1v) is 6.82. The van der Waals surface area contributed by atoms with Crippen molar-refractivity contribution in [3.05, 3.63) is 23.8 Å². The molecule has 0 amide bonds. The largest absolute Gasteiger partial charge is 0.497 e. The van der Waals surface area contributed by atoms with E-state index in [-0.39, 0.29) is 0 Å². The molecule has 1 aliphatic rings. The van der Waals surface area contributed by atoms with Crippen LogP contribution in [-0.4, -0.2) is 34.0 Å². The SMILES string of the molecule is COc1cc(CNCC2CCCOC2)cc(OC)c1. The molecule has 106 valence electrons. The van der Waals surface area contributed by atoms with Gasteiger partial charge in [-0.1, -0.05) is 0 Å². The van der Waals surface area contributed by atoms with Gasteiger partial charge in [0.15, 0.2) is 0 Å². The Labute approximate surface area is 115 Å². The topological polar surface area (TPSA) is 39.7 Å². The molecule has 2 rings (SSSR count). The van der Waals surface area contributed by atoms with Crippen molar-refractivity contribution in [2.75, 3.05) is 34.0 Å². The first-order chi connectivity index (χ1) is 9.31. The van der Waals surface area contributed by atoms with E-state index in [0.717, 1.165) is 37.8 Å². The van der Waals surface area contributed by atoms with Gasteiger partial charge >= 0.3 is 0 Å². The van der Waals surface area contributed by atoms with Crippen LogP contribution in [0.1, 0.15) is 18.4 Å². The lowest BCUT2D eigenvalue weighted by molar-refractivity contribution is 0.0547. The van der Waals surface area contributed by atoms with E-state index >= 15 is 0 Å². The Bertz CT molecular complexity index is 367. The number of hydrogen-bond donors (Lipinski definition) is 1. The van der Waals surface area contributed by atoms with E-state index in [2.05, 4.69) is 5.32 Å².